The van der Waals surface area contributed by atoms with Gasteiger partial charge in [0.2, 0.25) is 0 Å². The monoisotopic (exact) mass is 341 g/mol. The zero-order valence-electron chi connectivity index (χ0n) is 14.5. The molecular weight excluding hydrogens is 318 g/mol. The van der Waals surface area contributed by atoms with Crippen LogP contribution in [0, 0.1) is 6.92 Å². The Morgan fingerprint density at radius 2 is 1.96 bits per heavy atom. The summed E-state index contributed by atoms with van der Waals surface area (Å²) < 4.78 is 5.21. The molecule has 0 radical (unpaired) electrons. The molecule has 0 aliphatic carbocycles. The van der Waals surface area contributed by atoms with Gasteiger partial charge in [-0.2, -0.15) is 0 Å². The Kier molecular flexibility index (Phi) is 6.83. The third kappa shape index (κ3) is 6.18. The number of methoxy groups -OCH3 is 1. The first-order chi connectivity index (χ1) is 12.1. The Bertz CT molecular complexity index is 730. The van der Waals surface area contributed by atoms with Crippen molar-refractivity contribution in [3.8, 4) is 5.75 Å². The first-order valence-electron chi connectivity index (χ1n) is 8.01. The van der Waals surface area contributed by atoms with Gasteiger partial charge in [-0.15, -0.1) is 0 Å². The molecule has 6 nitrogen and oxygen atoms in total. The number of nitrogens with one attached hydrogen (secondary N) is 1. The number of hydrogen-bond donors (Lipinski definition) is 2. The van der Waals surface area contributed by atoms with Crippen LogP contribution in [-0.4, -0.2) is 25.5 Å². The number of carbonyl (C=O) groups is 1. The van der Waals surface area contributed by atoms with E-state index in [0.29, 0.717) is 23.7 Å². The molecular formula is C19H23N3O3. The average molecular weight is 341 g/mol. The minimum Gasteiger partial charge on any atom is -0.495 e. The molecule has 132 valence electrons. The van der Waals surface area contributed by atoms with Gasteiger partial charge in [0.05, 0.1) is 12.8 Å². The second kappa shape index (κ2) is 9.32. The predicted molar refractivity (Wildman–Crippen MR) is 98.7 cm³/mol. The van der Waals surface area contributed by atoms with E-state index in [9.17, 15) is 4.79 Å². The van der Waals surface area contributed by atoms with Crippen molar-refractivity contribution in [1.82, 2.24) is 0 Å². The van der Waals surface area contributed by atoms with Crippen LogP contribution in [0.5, 0.6) is 5.75 Å². The molecule has 0 saturated heterocycles. The number of benzene rings is 2. The van der Waals surface area contributed by atoms with Crippen LogP contribution in [0.1, 0.15) is 17.5 Å². The summed E-state index contributed by atoms with van der Waals surface area (Å²) in [5.74, 6) is 0.609. The summed E-state index contributed by atoms with van der Waals surface area (Å²) in [6, 6.07) is 15.5. The van der Waals surface area contributed by atoms with E-state index in [0.717, 1.165) is 12.0 Å². The maximum Gasteiger partial charge on any atom is 0.265 e. The third-order valence-electron chi connectivity index (χ3n) is 3.52. The molecule has 1 amide bonds. The summed E-state index contributed by atoms with van der Waals surface area (Å²) >= 11 is 0. The van der Waals surface area contributed by atoms with Crippen LogP contribution in [-0.2, 0) is 16.1 Å². The van der Waals surface area contributed by atoms with Crippen LogP contribution < -0.4 is 15.8 Å². The number of anilines is 1. The number of hydrogen-bond acceptors (Lipinski definition) is 4. The van der Waals surface area contributed by atoms with Gasteiger partial charge in [0.25, 0.3) is 5.91 Å². The van der Waals surface area contributed by atoms with E-state index in [-0.39, 0.29) is 12.5 Å². The number of aryl methyl sites for hydroxylation is 2. The molecule has 3 N–H and O–H groups in total. The minimum atomic E-state index is -0.330. The van der Waals surface area contributed by atoms with Gasteiger partial charge in [0.1, 0.15) is 11.6 Å². The van der Waals surface area contributed by atoms with Crippen molar-refractivity contribution in [3.63, 3.8) is 0 Å². The summed E-state index contributed by atoms with van der Waals surface area (Å²) in [6.45, 7) is 1.71. The molecule has 0 aliphatic heterocycles. The molecule has 0 saturated carbocycles. The van der Waals surface area contributed by atoms with Crippen LogP contribution >= 0.6 is 0 Å². The van der Waals surface area contributed by atoms with Gasteiger partial charge in [-0.1, -0.05) is 41.6 Å². The normalized spacial score (nSPS) is 11.0. The SMILES string of the molecule is COc1ccc(C)cc1NC(=O)CO/N=C(\N)CCc1ccccc1. The molecule has 0 aromatic heterocycles. The molecule has 6 heteroatoms. The van der Waals surface area contributed by atoms with Crippen LogP contribution in [0.15, 0.2) is 53.7 Å². The summed E-state index contributed by atoms with van der Waals surface area (Å²) in [5, 5.41) is 6.52. The highest BCUT2D eigenvalue weighted by molar-refractivity contribution is 5.93. The van der Waals surface area contributed by atoms with Gasteiger partial charge < -0.3 is 20.6 Å². The number of nitrogens with zero attached hydrogens (tertiary/aromatic N) is 1. The number of ether oxygens (including phenoxy) is 1. The van der Waals surface area contributed by atoms with Crippen molar-refractivity contribution < 1.29 is 14.4 Å². The Hall–Kier alpha value is -3.02. The Labute approximate surface area is 147 Å². The second-order valence-corrected chi connectivity index (χ2v) is 5.59. The standard InChI is InChI=1S/C19H23N3O3/c1-14-8-10-17(24-2)16(12-14)21-19(23)13-25-22-18(20)11-9-15-6-4-3-5-7-15/h3-8,10,12H,9,11,13H2,1-2H3,(H2,20,22)(H,21,23). The average Bonchev–Trinajstić information content (AvgIpc) is 2.61. The third-order valence-corrected chi connectivity index (χ3v) is 3.52. The fourth-order valence-electron chi connectivity index (χ4n) is 2.24. The molecule has 2 aromatic rings. The summed E-state index contributed by atoms with van der Waals surface area (Å²) in [4.78, 5) is 17.0. The number of nitrogens with two attached hydrogens (primary N) is 1. The lowest BCUT2D eigenvalue weighted by Gasteiger charge is -2.10. The van der Waals surface area contributed by atoms with E-state index in [4.69, 9.17) is 15.3 Å². The van der Waals surface area contributed by atoms with E-state index < -0.39 is 0 Å². The lowest BCUT2D eigenvalue weighted by Crippen LogP contribution is -2.19. The Balaban J connectivity index is 1.78. The van der Waals surface area contributed by atoms with Crippen molar-refractivity contribution in [2.75, 3.05) is 19.0 Å². The lowest BCUT2D eigenvalue weighted by atomic mass is 10.1. The molecule has 0 fully saturated rings. The topological polar surface area (TPSA) is 85.9 Å². The molecule has 0 heterocycles. The molecule has 0 atom stereocenters. The number of oxime groups is 1. The fourth-order valence-corrected chi connectivity index (χ4v) is 2.24. The maximum absolute atomic E-state index is 12.0. The number of amidine groups is 1. The predicted octanol–water partition coefficient (Wildman–Crippen LogP) is 2.86. The van der Waals surface area contributed by atoms with Crippen molar-refractivity contribution in [1.29, 1.82) is 0 Å². The van der Waals surface area contributed by atoms with Crippen molar-refractivity contribution >= 4 is 17.4 Å². The van der Waals surface area contributed by atoms with Gasteiger partial charge in [-0.3, -0.25) is 4.79 Å². The first kappa shape index (κ1) is 18.3. The van der Waals surface area contributed by atoms with Crippen LogP contribution in [0.4, 0.5) is 5.69 Å². The molecule has 2 aromatic carbocycles. The van der Waals surface area contributed by atoms with E-state index in [1.165, 1.54) is 5.56 Å². The summed E-state index contributed by atoms with van der Waals surface area (Å²) in [7, 11) is 1.55. The van der Waals surface area contributed by atoms with Gasteiger partial charge in [-0.05, 0) is 36.6 Å². The molecule has 0 bridgehead atoms. The summed E-state index contributed by atoms with van der Waals surface area (Å²) in [6.07, 6.45) is 1.34. The van der Waals surface area contributed by atoms with Gasteiger partial charge in [0, 0.05) is 6.42 Å². The smallest absolute Gasteiger partial charge is 0.265 e. The second-order valence-electron chi connectivity index (χ2n) is 5.59. The highest BCUT2D eigenvalue weighted by atomic mass is 16.6. The zero-order chi connectivity index (χ0) is 18.1. The largest absolute Gasteiger partial charge is 0.495 e. The van der Waals surface area contributed by atoms with Crippen LogP contribution in [0.25, 0.3) is 0 Å². The van der Waals surface area contributed by atoms with Crippen LogP contribution in [0.2, 0.25) is 0 Å². The fraction of sp³-hybridized carbons (Fsp3) is 0.263. The van der Waals surface area contributed by atoms with E-state index >= 15 is 0 Å². The van der Waals surface area contributed by atoms with Gasteiger partial charge in [0.15, 0.2) is 6.61 Å². The van der Waals surface area contributed by atoms with E-state index in [1.807, 2.05) is 49.4 Å². The van der Waals surface area contributed by atoms with Gasteiger partial charge >= 0.3 is 0 Å². The number of amides is 1. The molecule has 2 rings (SSSR count). The van der Waals surface area contributed by atoms with E-state index in [2.05, 4.69) is 10.5 Å². The molecule has 0 aliphatic rings. The van der Waals surface area contributed by atoms with E-state index in [1.54, 1.807) is 13.2 Å². The Morgan fingerprint density at radius 3 is 2.68 bits per heavy atom. The molecule has 0 unspecified atom stereocenters. The minimum absolute atomic E-state index is 0.219. The number of rotatable bonds is 8. The molecule has 25 heavy (non-hydrogen) atoms. The van der Waals surface area contributed by atoms with Crippen molar-refractivity contribution in [2.45, 2.75) is 19.8 Å². The number of carbonyl (C=O) groups excluding carboxylic acids is 1. The lowest BCUT2D eigenvalue weighted by molar-refractivity contribution is -0.120. The maximum atomic E-state index is 12.0. The zero-order valence-corrected chi connectivity index (χ0v) is 14.5. The van der Waals surface area contributed by atoms with Crippen LogP contribution in [0.3, 0.4) is 0 Å². The van der Waals surface area contributed by atoms with Crippen molar-refractivity contribution in [3.05, 3.63) is 59.7 Å². The first-order valence-corrected chi connectivity index (χ1v) is 8.01. The summed E-state index contributed by atoms with van der Waals surface area (Å²) in [5.41, 5.74) is 8.58. The highest BCUT2D eigenvalue weighted by Crippen LogP contribution is 2.24. The van der Waals surface area contributed by atoms with Crippen molar-refractivity contribution in [2.24, 2.45) is 10.9 Å². The quantitative estimate of drug-likeness (QED) is 0.439. The van der Waals surface area contributed by atoms with Gasteiger partial charge in [-0.25, -0.2) is 0 Å². The molecule has 0 spiro atoms. The highest BCUT2D eigenvalue weighted by Gasteiger charge is 2.08. The Morgan fingerprint density at radius 1 is 1.20 bits per heavy atom.